The summed E-state index contributed by atoms with van der Waals surface area (Å²) < 4.78 is 55.1. The smallest absolute Gasteiger partial charge is 0.406 e. The number of aromatic nitrogens is 2. The maximum absolute atomic E-state index is 13.6. The van der Waals surface area contributed by atoms with Crippen molar-refractivity contribution in [2.45, 2.75) is 12.8 Å². The molecule has 0 saturated heterocycles. The van der Waals surface area contributed by atoms with Gasteiger partial charge >= 0.3 is 6.36 Å². The topological polar surface area (TPSA) is 55.6 Å². The zero-order valence-electron chi connectivity index (χ0n) is 12.5. The van der Waals surface area contributed by atoms with Crippen molar-refractivity contribution in [3.8, 4) is 5.75 Å². The van der Waals surface area contributed by atoms with Crippen molar-refractivity contribution in [3.05, 3.63) is 60.3 Å². The number of hydrogen-bond donors (Lipinski definition) is 1. The Bertz CT molecular complexity index is 904. The SMILES string of the molecule is O=C(Cc1ccc(F)c2nccn12)Nc1ccc(OC(F)(F)F)cc1. The quantitative estimate of drug-likeness (QED) is 0.730. The molecule has 1 amide bonds. The molecule has 9 heteroatoms. The molecule has 3 aromatic rings. The number of nitrogens with one attached hydrogen (secondary N) is 1. The van der Waals surface area contributed by atoms with Gasteiger partial charge < -0.3 is 14.5 Å². The molecule has 25 heavy (non-hydrogen) atoms. The first kappa shape index (κ1) is 16.7. The highest BCUT2D eigenvalue weighted by atomic mass is 19.4. The predicted octanol–water partition coefficient (Wildman–Crippen LogP) is 3.55. The van der Waals surface area contributed by atoms with Gasteiger partial charge in [0.25, 0.3) is 0 Å². The Kier molecular flexibility index (Phi) is 4.30. The van der Waals surface area contributed by atoms with E-state index in [0.29, 0.717) is 11.4 Å². The van der Waals surface area contributed by atoms with Gasteiger partial charge in [-0.05, 0) is 36.4 Å². The van der Waals surface area contributed by atoms with Gasteiger partial charge in [-0.3, -0.25) is 4.79 Å². The third-order valence-corrected chi connectivity index (χ3v) is 3.30. The number of halogens is 4. The molecule has 130 valence electrons. The standard InChI is InChI=1S/C16H11F4N3O2/c17-13-6-3-11(23-8-7-21-15(13)23)9-14(24)22-10-1-4-12(5-2-10)25-16(18,19)20/h1-8H,9H2,(H,22,24). The van der Waals surface area contributed by atoms with Crippen molar-refractivity contribution in [1.82, 2.24) is 9.38 Å². The summed E-state index contributed by atoms with van der Waals surface area (Å²) in [6, 6.07) is 7.44. The lowest BCUT2D eigenvalue weighted by Gasteiger charge is -2.10. The average molecular weight is 353 g/mol. The molecule has 0 fully saturated rings. The molecule has 0 atom stereocenters. The molecule has 2 heterocycles. The molecular formula is C16H11F4N3O2. The number of benzene rings is 1. The zero-order valence-corrected chi connectivity index (χ0v) is 12.5. The van der Waals surface area contributed by atoms with Crippen LogP contribution in [0.2, 0.25) is 0 Å². The molecule has 3 rings (SSSR count). The van der Waals surface area contributed by atoms with Crippen molar-refractivity contribution < 1.29 is 27.1 Å². The number of nitrogens with zero attached hydrogens (tertiary/aromatic N) is 2. The van der Waals surface area contributed by atoms with Gasteiger partial charge in [-0.15, -0.1) is 13.2 Å². The number of alkyl halides is 3. The molecule has 2 aromatic heterocycles. The molecule has 0 spiro atoms. The van der Waals surface area contributed by atoms with Crippen molar-refractivity contribution >= 4 is 17.2 Å². The van der Waals surface area contributed by atoms with E-state index in [1.165, 1.54) is 41.1 Å². The second kappa shape index (κ2) is 6.42. The highest BCUT2D eigenvalue weighted by molar-refractivity contribution is 5.92. The van der Waals surface area contributed by atoms with Gasteiger partial charge in [0.05, 0.1) is 6.42 Å². The van der Waals surface area contributed by atoms with Crippen molar-refractivity contribution in [1.29, 1.82) is 0 Å². The fourth-order valence-corrected chi connectivity index (χ4v) is 2.29. The fourth-order valence-electron chi connectivity index (χ4n) is 2.29. The van der Waals surface area contributed by atoms with E-state index in [1.54, 1.807) is 0 Å². The molecule has 5 nitrogen and oxygen atoms in total. The van der Waals surface area contributed by atoms with Gasteiger partial charge in [0.15, 0.2) is 11.5 Å². The summed E-state index contributed by atoms with van der Waals surface area (Å²) >= 11 is 0. The number of anilines is 1. The van der Waals surface area contributed by atoms with E-state index >= 15 is 0 Å². The summed E-state index contributed by atoms with van der Waals surface area (Å²) in [6.45, 7) is 0. The number of carbonyl (C=O) groups excluding carboxylic acids is 1. The van der Waals surface area contributed by atoms with Crippen molar-refractivity contribution in [2.24, 2.45) is 0 Å². The first-order chi connectivity index (χ1) is 11.8. The van der Waals surface area contributed by atoms with Crippen LogP contribution in [0.3, 0.4) is 0 Å². The fraction of sp³-hybridized carbons (Fsp3) is 0.125. The third-order valence-electron chi connectivity index (χ3n) is 3.30. The Morgan fingerprint density at radius 2 is 1.88 bits per heavy atom. The maximum Gasteiger partial charge on any atom is 0.573 e. The number of hydrogen-bond acceptors (Lipinski definition) is 3. The van der Waals surface area contributed by atoms with E-state index in [0.717, 1.165) is 12.1 Å². The summed E-state index contributed by atoms with van der Waals surface area (Å²) in [5.74, 6) is -1.30. The van der Waals surface area contributed by atoms with Crippen LogP contribution >= 0.6 is 0 Å². The molecule has 0 bridgehead atoms. The maximum atomic E-state index is 13.6. The molecular weight excluding hydrogens is 342 g/mol. The van der Waals surface area contributed by atoms with E-state index in [4.69, 9.17) is 0 Å². The van der Waals surface area contributed by atoms with Crippen LogP contribution in [0.25, 0.3) is 5.65 Å². The van der Waals surface area contributed by atoms with Gasteiger partial charge in [-0.1, -0.05) is 0 Å². The zero-order chi connectivity index (χ0) is 18.0. The van der Waals surface area contributed by atoms with Crippen molar-refractivity contribution in [2.75, 3.05) is 5.32 Å². The lowest BCUT2D eigenvalue weighted by Crippen LogP contribution is -2.18. The van der Waals surface area contributed by atoms with Gasteiger partial charge in [0, 0.05) is 23.8 Å². The number of imidazole rings is 1. The lowest BCUT2D eigenvalue weighted by molar-refractivity contribution is -0.274. The lowest BCUT2D eigenvalue weighted by atomic mass is 10.2. The molecule has 0 aliphatic heterocycles. The second-order valence-corrected chi connectivity index (χ2v) is 5.09. The van der Waals surface area contributed by atoms with Crippen molar-refractivity contribution in [3.63, 3.8) is 0 Å². The normalized spacial score (nSPS) is 11.5. The van der Waals surface area contributed by atoms with E-state index in [9.17, 15) is 22.4 Å². The minimum atomic E-state index is -4.77. The Labute approximate surface area is 138 Å². The van der Waals surface area contributed by atoms with Crippen LogP contribution in [0.1, 0.15) is 5.69 Å². The predicted molar refractivity (Wildman–Crippen MR) is 80.6 cm³/mol. The first-order valence-electron chi connectivity index (χ1n) is 7.08. The van der Waals surface area contributed by atoms with Gasteiger partial charge in [-0.25, -0.2) is 9.37 Å². The largest absolute Gasteiger partial charge is 0.573 e. The molecule has 1 aromatic carbocycles. The summed E-state index contributed by atoms with van der Waals surface area (Å²) in [5, 5.41) is 2.55. The van der Waals surface area contributed by atoms with Crippen LogP contribution < -0.4 is 10.1 Å². The number of carbonyl (C=O) groups is 1. The van der Waals surface area contributed by atoms with Crippen LogP contribution in [-0.2, 0) is 11.2 Å². The summed E-state index contributed by atoms with van der Waals surface area (Å²) in [4.78, 5) is 16.0. The monoisotopic (exact) mass is 353 g/mol. The summed E-state index contributed by atoms with van der Waals surface area (Å²) in [5.41, 5.74) is 0.936. The molecule has 0 aliphatic rings. The number of pyridine rings is 1. The van der Waals surface area contributed by atoms with Gasteiger partial charge in [0.1, 0.15) is 5.75 Å². The van der Waals surface area contributed by atoms with Crippen LogP contribution in [0, 0.1) is 5.82 Å². The Hall–Kier alpha value is -3.10. The van der Waals surface area contributed by atoms with Gasteiger partial charge in [-0.2, -0.15) is 0 Å². The van der Waals surface area contributed by atoms with E-state index in [1.807, 2.05) is 0 Å². The minimum absolute atomic E-state index is 0.0616. The highest BCUT2D eigenvalue weighted by Gasteiger charge is 2.30. The first-order valence-corrected chi connectivity index (χ1v) is 7.08. The van der Waals surface area contributed by atoms with Crippen LogP contribution in [0.5, 0.6) is 5.75 Å². The van der Waals surface area contributed by atoms with E-state index in [2.05, 4.69) is 15.0 Å². The Morgan fingerprint density at radius 3 is 2.56 bits per heavy atom. The van der Waals surface area contributed by atoms with Gasteiger partial charge in [0.2, 0.25) is 5.91 Å². The number of fused-ring (bicyclic) bond motifs is 1. The average Bonchev–Trinajstić information content (AvgIpc) is 3.01. The third kappa shape index (κ3) is 4.06. The number of amides is 1. The summed E-state index contributed by atoms with van der Waals surface area (Å²) in [6.07, 6.45) is -1.89. The highest BCUT2D eigenvalue weighted by Crippen LogP contribution is 2.24. The molecule has 1 N–H and O–H groups in total. The molecule has 0 aliphatic carbocycles. The van der Waals surface area contributed by atoms with Crippen LogP contribution in [0.15, 0.2) is 48.8 Å². The summed E-state index contributed by atoms with van der Waals surface area (Å²) in [7, 11) is 0. The second-order valence-electron chi connectivity index (χ2n) is 5.09. The number of ether oxygens (including phenoxy) is 1. The van der Waals surface area contributed by atoms with E-state index in [-0.39, 0.29) is 17.8 Å². The molecule has 0 saturated carbocycles. The molecule has 0 unspecified atom stereocenters. The van der Waals surface area contributed by atoms with Crippen LogP contribution in [-0.4, -0.2) is 21.7 Å². The Balaban J connectivity index is 1.68. The Morgan fingerprint density at radius 1 is 1.16 bits per heavy atom. The van der Waals surface area contributed by atoms with E-state index < -0.39 is 18.1 Å². The van der Waals surface area contributed by atoms with Crippen LogP contribution in [0.4, 0.5) is 23.2 Å². The number of rotatable bonds is 4. The minimum Gasteiger partial charge on any atom is -0.406 e. The molecule has 0 radical (unpaired) electrons.